The highest BCUT2D eigenvalue weighted by Crippen LogP contribution is 2.21. The Labute approximate surface area is 130 Å². The van der Waals surface area contributed by atoms with E-state index in [9.17, 15) is 0 Å². The summed E-state index contributed by atoms with van der Waals surface area (Å²) in [5.41, 5.74) is 1.46. The monoisotopic (exact) mass is 288 g/mol. The van der Waals surface area contributed by atoms with Crippen LogP contribution in [0, 0.1) is 5.92 Å². The average Bonchev–Trinajstić information content (AvgIpc) is 2.48. The summed E-state index contributed by atoms with van der Waals surface area (Å²) >= 11 is 0. The second kappa shape index (κ2) is 7.95. The van der Waals surface area contributed by atoms with E-state index in [1.165, 1.54) is 24.9 Å². The molecule has 1 aliphatic rings. The lowest BCUT2D eigenvalue weighted by molar-refractivity contribution is 0.0602. The Hall–Kier alpha value is -0.860. The minimum atomic E-state index is 0.612. The zero-order valence-electron chi connectivity index (χ0n) is 14.2. The second-order valence-electron chi connectivity index (χ2n) is 6.94. The van der Waals surface area contributed by atoms with Gasteiger partial charge in [-0.3, -0.25) is 4.90 Å². The summed E-state index contributed by atoms with van der Waals surface area (Å²) in [6.45, 7) is 11.7. The molecule has 0 saturated carbocycles. The van der Waals surface area contributed by atoms with E-state index < -0.39 is 0 Å². The smallest absolute Gasteiger partial charge is 0.0247 e. The lowest BCUT2D eigenvalue weighted by Crippen LogP contribution is -2.60. The maximum Gasteiger partial charge on any atom is 0.0247 e. The van der Waals surface area contributed by atoms with Gasteiger partial charge in [-0.15, -0.1) is 0 Å². The molecule has 0 bridgehead atoms. The molecule has 1 fully saturated rings. The minimum Gasteiger partial charge on any atom is -0.311 e. The summed E-state index contributed by atoms with van der Waals surface area (Å²) in [6.07, 6.45) is 3.72. The van der Waals surface area contributed by atoms with Crippen molar-refractivity contribution in [3.8, 4) is 0 Å². The molecule has 2 heteroatoms. The zero-order valence-corrected chi connectivity index (χ0v) is 14.2. The Morgan fingerprint density at radius 2 is 1.90 bits per heavy atom. The molecule has 1 aliphatic heterocycles. The number of rotatable bonds is 6. The van der Waals surface area contributed by atoms with Crippen LogP contribution in [0.5, 0.6) is 0 Å². The highest BCUT2D eigenvalue weighted by atomic mass is 15.3. The fourth-order valence-corrected chi connectivity index (χ4v) is 3.60. The van der Waals surface area contributed by atoms with Crippen molar-refractivity contribution < 1.29 is 0 Å². The first-order valence-corrected chi connectivity index (χ1v) is 8.64. The van der Waals surface area contributed by atoms with Crippen molar-refractivity contribution in [2.45, 2.75) is 65.1 Å². The van der Waals surface area contributed by atoms with Crippen molar-refractivity contribution in [3.63, 3.8) is 0 Å². The third kappa shape index (κ3) is 4.55. The Morgan fingerprint density at radius 3 is 2.52 bits per heavy atom. The molecule has 0 amide bonds. The van der Waals surface area contributed by atoms with E-state index in [0.717, 1.165) is 13.0 Å². The average molecular weight is 288 g/mol. The molecule has 1 heterocycles. The topological polar surface area (TPSA) is 15.3 Å². The van der Waals surface area contributed by atoms with Crippen molar-refractivity contribution in [1.82, 2.24) is 10.2 Å². The maximum atomic E-state index is 3.76. The van der Waals surface area contributed by atoms with Crippen LogP contribution in [0.15, 0.2) is 30.3 Å². The quantitative estimate of drug-likeness (QED) is 0.858. The number of benzene rings is 1. The van der Waals surface area contributed by atoms with Crippen LogP contribution in [0.3, 0.4) is 0 Å². The number of nitrogens with one attached hydrogen (secondary N) is 1. The van der Waals surface area contributed by atoms with E-state index in [1.807, 2.05) is 0 Å². The van der Waals surface area contributed by atoms with Gasteiger partial charge in [0.05, 0.1) is 0 Å². The van der Waals surface area contributed by atoms with Crippen molar-refractivity contribution in [2.24, 2.45) is 5.92 Å². The highest BCUT2D eigenvalue weighted by molar-refractivity contribution is 5.16. The van der Waals surface area contributed by atoms with Gasteiger partial charge in [0.25, 0.3) is 0 Å². The Bertz CT molecular complexity index is 401. The molecule has 0 aliphatic carbocycles. The molecule has 3 atom stereocenters. The molecule has 0 aromatic heterocycles. The fraction of sp³-hybridized carbons (Fsp3) is 0.684. The molecular formula is C19H32N2. The molecule has 1 N–H and O–H groups in total. The first-order chi connectivity index (χ1) is 10.1. The maximum absolute atomic E-state index is 3.76. The third-order valence-corrected chi connectivity index (χ3v) is 4.82. The van der Waals surface area contributed by atoms with Gasteiger partial charge in [0.15, 0.2) is 0 Å². The van der Waals surface area contributed by atoms with E-state index in [0.29, 0.717) is 24.0 Å². The van der Waals surface area contributed by atoms with Gasteiger partial charge in [-0.1, -0.05) is 57.5 Å². The van der Waals surface area contributed by atoms with Crippen LogP contribution in [0.25, 0.3) is 0 Å². The molecule has 1 aromatic carbocycles. The standard InChI is InChI=1S/C19H32N2/c1-5-9-18-14-21(19(13-20-18)15(2)3)16(4)12-17-10-7-6-8-11-17/h6-8,10-11,15-16,18-20H,5,9,12-14H2,1-4H3. The van der Waals surface area contributed by atoms with Gasteiger partial charge in [0.2, 0.25) is 0 Å². The van der Waals surface area contributed by atoms with E-state index >= 15 is 0 Å². The van der Waals surface area contributed by atoms with Crippen molar-refractivity contribution in [3.05, 3.63) is 35.9 Å². The predicted octanol–water partition coefficient (Wildman–Crippen LogP) is 3.72. The number of hydrogen-bond donors (Lipinski definition) is 1. The van der Waals surface area contributed by atoms with Gasteiger partial charge in [0.1, 0.15) is 0 Å². The normalized spacial score (nSPS) is 25.2. The molecule has 1 saturated heterocycles. The molecule has 21 heavy (non-hydrogen) atoms. The molecule has 118 valence electrons. The summed E-state index contributed by atoms with van der Waals surface area (Å²) in [7, 11) is 0. The van der Waals surface area contributed by atoms with Gasteiger partial charge in [-0.2, -0.15) is 0 Å². The second-order valence-corrected chi connectivity index (χ2v) is 6.94. The molecule has 3 unspecified atom stereocenters. The summed E-state index contributed by atoms with van der Waals surface area (Å²) in [6, 6.07) is 12.9. The summed E-state index contributed by atoms with van der Waals surface area (Å²) in [5.74, 6) is 0.707. The lowest BCUT2D eigenvalue weighted by Gasteiger charge is -2.45. The van der Waals surface area contributed by atoms with Crippen molar-refractivity contribution in [1.29, 1.82) is 0 Å². The Balaban J connectivity index is 2.03. The summed E-state index contributed by atoms with van der Waals surface area (Å²) in [5, 5.41) is 3.76. The highest BCUT2D eigenvalue weighted by Gasteiger charge is 2.32. The molecule has 0 radical (unpaired) electrons. The molecule has 0 spiro atoms. The lowest BCUT2D eigenvalue weighted by atomic mass is 9.93. The van der Waals surface area contributed by atoms with Gasteiger partial charge < -0.3 is 5.32 Å². The summed E-state index contributed by atoms with van der Waals surface area (Å²) < 4.78 is 0. The number of hydrogen-bond acceptors (Lipinski definition) is 2. The number of piperazine rings is 1. The van der Waals surface area contributed by atoms with E-state index in [1.54, 1.807) is 0 Å². The van der Waals surface area contributed by atoms with Crippen LogP contribution < -0.4 is 5.32 Å². The Kier molecular flexibility index (Phi) is 6.25. The fourth-order valence-electron chi connectivity index (χ4n) is 3.60. The van der Waals surface area contributed by atoms with Crippen LogP contribution >= 0.6 is 0 Å². The summed E-state index contributed by atoms with van der Waals surface area (Å²) in [4.78, 5) is 2.76. The molecule has 2 rings (SSSR count). The minimum absolute atomic E-state index is 0.612. The van der Waals surface area contributed by atoms with E-state index in [4.69, 9.17) is 0 Å². The van der Waals surface area contributed by atoms with Crippen LogP contribution in [-0.4, -0.2) is 36.1 Å². The van der Waals surface area contributed by atoms with E-state index in [-0.39, 0.29) is 0 Å². The van der Waals surface area contributed by atoms with Crippen LogP contribution in [0.4, 0.5) is 0 Å². The van der Waals surface area contributed by atoms with Gasteiger partial charge in [-0.25, -0.2) is 0 Å². The van der Waals surface area contributed by atoms with Gasteiger partial charge >= 0.3 is 0 Å². The van der Waals surface area contributed by atoms with Crippen LogP contribution in [0.2, 0.25) is 0 Å². The van der Waals surface area contributed by atoms with E-state index in [2.05, 4.69) is 68.2 Å². The zero-order chi connectivity index (χ0) is 15.2. The van der Waals surface area contributed by atoms with Crippen molar-refractivity contribution in [2.75, 3.05) is 13.1 Å². The predicted molar refractivity (Wildman–Crippen MR) is 91.6 cm³/mol. The van der Waals surface area contributed by atoms with Gasteiger partial charge in [-0.05, 0) is 31.2 Å². The first-order valence-electron chi connectivity index (χ1n) is 8.64. The Morgan fingerprint density at radius 1 is 1.19 bits per heavy atom. The SMILES string of the molecule is CCCC1CN(C(C)Cc2ccccc2)C(C(C)C)CN1. The molecule has 1 aromatic rings. The largest absolute Gasteiger partial charge is 0.311 e. The molecule has 2 nitrogen and oxygen atoms in total. The number of nitrogens with zero attached hydrogens (tertiary/aromatic N) is 1. The molecular weight excluding hydrogens is 256 g/mol. The third-order valence-electron chi connectivity index (χ3n) is 4.82. The first kappa shape index (κ1) is 16.5. The van der Waals surface area contributed by atoms with Crippen LogP contribution in [-0.2, 0) is 6.42 Å². The van der Waals surface area contributed by atoms with Gasteiger partial charge in [0, 0.05) is 31.2 Å². The van der Waals surface area contributed by atoms with Crippen LogP contribution in [0.1, 0.15) is 46.1 Å². The van der Waals surface area contributed by atoms with Crippen molar-refractivity contribution >= 4 is 0 Å².